The van der Waals surface area contributed by atoms with E-state index in [1.807, 2.05) is 0 Å². The van der Waals surface area contributed by atoms with Crippen LogP contribution in [0.3, 0.4) is 0 Å². The van der Waals surface area contributed by atoms with E-state index in [0.29, 0.717) is 17.1 Å². The van der Waals surface area contributed by atoms with Crippen LogP contribution in [0.5, 0.6) is 0 Å². The summed E-state index contributed by atoms with van der Waals surface area (Å²) in [4.78, 5) is 5.38. The number of nitrogens with zero attached hydrogens (tertiary/aromatic N) is 10. The van der Waals surface area contributed by atoms with E-state index >= 15 is 0 Å². The van der Waals surface area contributed by atoms with E-state index in [1.54, 1.807) is 31.2 Å². The van der Waals surface area contributed by atoms with Crippen molar-refractivity contribution >= 4 is 17.9 Å². The molecule has 1 aromatic heterocycles. The quantitative estimate of drug-likeness (QED) is 0.363. The van der Waals surface area contributed by atoms with Gasteiger partial charge in [-0.25, -0.2) is 0 Å². The molecule has 0 amide bonds. The van der Waals surface area contributed by atoms with Gasteiger partial charge in [0.1, 0.15) is 0 Å². The second kappa shape index (κ2) is 6.01. The maximum absolute atomic E-state index is 8.49. The fourth-order valence-corrected chi connectivity index (χ4v) is 1.44. The van der Waals surface area contributed by atoms with Crippen molar-refractivity contribution in [2.75, 3.05) is 0 Å². The Morgan fingerprint density at radius 2 is 1.90 bits per heavy atom. The van der Waals surface area contributed by atoms with Crippen molar-refractivity contribution in [1.82, 2.24) is 14.9 Å². The SMILES string of the molecule is Cc1nnc(N=[N+]=[N-])n1/N=C/c1ccccc1N=[N+]=[N-]. The van der Waals surface area contributed by atoms with Crippen LogP contribution < -0.4 is 0 Å². The monoisotopic (exact) mass is 268 g/mol. The maximum Gasteiger partial charge on any atom is 0.241 e. The second-order valence-corrected chi connectivity index (χ2v) is 3.54. The van der Waals surface area contributed by atoms with Crippen LogP contribution in [0.4, 0.5) is 11.6 Å². The van der Waals surface area contributed by atoms with Gasteiger partial charge in [0.2, 0.25) is 5.95 Å². The predicted octanol–water partition coefficient (Wildman–Crippen LogP) is 3.35. The average molecular weight is 268 g/mol. The molecule has 20 heavy (non-hydrogen) atoms. The highest BCUT2D eigenvalue weighted by Gasteiger charge is 2.05. The fourth-order valence-electron chi connectivity index (χ4n) is 1.44. The first-order chi connectivity index (χ1) is 9.76. The second-order valence-electron chi connectivity index (χ2n) is 3.54. The van der Waals surface area contributed by atoms with Crippen molar-refractivity contribution < 1.29 is 0 Å². The average Bonchev–Trinajstić information content (AvgIpc) is 2.80. The summed E-state index contributed by atoms with van der Waals surface area (Å²) >= 11 is 0. The molecule has 1 aromatic carbocycles. The number of aryl methyl sites for hydroxylation is 1. The number of hydrogen-bond acceptors (Lipinski definition) is 5. The Bertz CT molecular complexity index is 745. The molecular weight excluding hydrogens is 260 g/mol. The topological polar surface area (TPSA) is 141 Å². The molecule has 0 aliphatic heterocycles. The Hall–Kier alpha value is -3.35. The first-order valence-corrected chi connectivity index (χ1v) is 5.42. The fraction of sp³-hybridized carbons (Fsp3) is 0.100. The lowest BCUT2D eigenvalue weighted by Crippen LogP contribution is -1.93. The minimum atomic E-state index is 0.0301. The third kappa shape index (κ3) is 2.72. The number of benzene rings is 1. The molecule has 0 radical (unpaired) electrons. The normalized spacial score (nSPS) is 10.1. The van der Waals surface area contributed by atoms with Gasteiger partial charge >= 0.3 is 0 Å². The van der Waals surface area contributed by atoms with E-state index in [2.05, 4.69) is 35.4 Å². The Labute approximate surface area is 112 Å². The highest BCUT2D eigenvalue weighted by molar-refractivity contribution is 5.86. The highest BCUT2D eigenvalue weighted by atomic mass is 15.5. The van der Waals surface area contributed by atoms with Gasteiger partial charge in [-0.2, -0.15) is 9.78 Å². The Morgan fingerprint density at radius 1 is 1.15 bits per heavy atom. The van der Waals surface area contributed by atoms with Crippen LogP contribution in [0.2, 0.25) is 0 Å². The van der Waals surface area contributed by atoms with Crippen LogP contribution >= 0.6 is 0 Å². The molecule has 0 N–H and O–H groups in total. The van der Waals surface area contributed by atoms with Gasteiger partial charge in [0, 0.05) is 21.1 Å². The molecule has 98 valence electrons. The number of azide groups is 2. The lowest BCUT2D eigenvalue weighted by Gasteiger charge is -1.99. The van der Waals surface area contributed by atoms with E-state index in [1.165, 1.54) is 10.9 Å². The molecule has 2 aromatic rings. The van der Waals surface area contributed by atoms with Crippen LogP contribution in [0.1, 0.15) is 11.4 Å². The van der Waals surface area contributed by atoms with E-state index in [0.717, 1.165) is 0 Å². The van der Waals surface area contributed by atoms with E-state index in [9.17, 15) is 0 Å². The van der Waals surface area contributed by atoms with Crippen LogP contribution in [-0.2, 0) is 0 Å². The summed E-state index contributed by atoms with van der Waals surface area (Å²) in [7, 11) is 0. The summed E-state index contributed by atoms with van der Waals surface area (Å²) in [5.74, 6) is 0.493. The number of rotatable bonds is 4. The van der Waals surface area contributed by atoms with Gasteiger partial charge in [-0.05, 0) is 23.1 Å². The van der Waals surface area contributed by atoms with Crippen molar-refractivity contribution in [1.29, 1.82) is 0 Å². The first kappa shape index (κ1) is 13.1. The highest BCUT2D eigenvalue weighted by Crippen LogP contribution is 2.17. The van der Waals surface area contributed by atoms with Gasteiger partial charge in [0.05, 0.1) is 6.21 Å². The van der Waals surface area contributed by atoms with Gasteiger partial charge in [-0.1, -0.05) is 29.4 Å². The molecule has 0 atom stereocenters. The van der Waals surface area contributed by atoms with Crippen molar-refractivity contribution in [3.05, 3.63) is 56.5 Å². The molecule has 1 heterocycles. The molecule has 0 spiro atoms. The van der Waals surface area contributed by atoms with Gasteiger partial charge in [-0.15, -0.1) is 10.2 Å². The van der Waals surface area contributed by atoms with Gasteiger partial charge in [-0.3, -0.25) is 0 Å². The van der Waals surface area contributed by atoms with Crippen molar-refractivity contribution in [3.8, 4) is 0 Å². The van der Waals surface area contributed by atoms with Crippen molar-refractivity contribution in [2.24, 2.45) is 15.3 Å². The van der Waals surface area contributed by atoms with Crippen LogP contribution in [0, 0.1) is 6.92 Å². The zero-order valence-electron chi connectivity index (χ0n) is 10.4. The molecule has 0 saturated heterocycles. The van der Waals surface area contributed by atoms with Gasteiger partial charge in [0.25, 0.3) is 0 Å². The third-order valence-corrected chi connectivity index (χ3v) is 2.32. The summed E-state index contributed by atoms with van der Waals surface area (Å²) in [6.45, 7) is 1.67. The molecule has 0 unspecified atom stereocenters. The summed E-state index contributed by atoms with van der Waals surface area (Å²) in [6, 6.07) is 6.93. The third-order valence-electron chi connectivity index (χ3n) is 2.32. The Balaban J connectivity index is 2.42. The van der Waals surface area contributed by atoms with E-state index in [-0.39, 0.29) is 5.95 Å². The molecule has 10 heteroatoms. The predicted molar refractivity (Wildman–Crippen MR) is 71.8 cm³/mol. The minimum Gasteiger partial charge on any atom is -0.195 e. The molecule has 0 aliphatic carbocycles. The maximum atomic E-state index is 8.49. The molecule has 2 rings (SSSR count). The van der Waals surface area contributed by atoms with Crippen molar-refractivity contribution in [2.45, 2.75) is 6.92 Å². The van der Waals surface area contributed by atoms with Gasteiger partial charge in [0.15, 0.2) is 5.82 Å². The lowest BCUT2D eigenvalue weighted by molar-refractivity contribution is 0.832. The Morgan fingerprint density at radius 3 is 2.65 bits per heavy atom. The summed E-state index contributed by atoms with van der Waals surface area (Å²) in [5.41, 5.74) is 18.0. The smallest absolute Gasteiger partial charge is 0.195 e. The summed E-state index contributed by atoms with van der Waals surface area (Å²) < 4.78 is 1.28. The van der Waals surface area contributed by atoms with E-state index in [4.69, 9.17) is 11.1 Å². The molecular formula is C10H8N10. The first-order valence-electron chi connectivity index (χ1n) is 5.42. The van der Waals surface area contributed by atoms with Crippen molar-refractivity contribution in [3.63, 3.8) is 0 Å². The number of hydrogen-bond donors (Lipinski definition) is 0. The zero-order chi connectivity index (χ0) is 14.4. The molecule has 0 saturated carbocycles. The van der Waals surface area contributed by atoms with Crippen LogP contribution in [-0.4, -0.2) is 21.1 Å². The summed E-state index contributed by atoms with van der Waals surface area (Å²) in [6.07, 6.45) is 1.47. The molecule has 0 bridgehead atoms. The molecule has 0 aliphatic rings. The van der Waals surface area contributed by atoms with E-state index < -0.39 is 0 Å². The lowest BCUT2D eigenvalue weighted by atomic mass is 10.2. The molecule has 0 fully saturated rings. The van der Waals surface area contributed by atoms with Gasteiger partial charge < -0.3 is 0 Å². The molecule has 10 nitrogen and oxygen atoms in total. The van der Waals surface area contributed by atoms with Crippen LogP contribution in [0.25, 0.3) is 20.9 Å². The largest absolute Gasteiger partial charge is 0.241 e. The Kier molecular flexibility index (Phi) is 3.93. The minimum absolute atomic E-state index is 0.0301. The summed E-state index contributed by atoms with van der Waals surface area (Å²) in [5, 5.41) is 18.5. The standard InChI is InChI=1S/C10H8N10/c1-7-14-16-10(17-19-12)20(7)13-6-8-4-2-3-5-9(8)15-18-11/h2-6H,1H3/b13-6+. The van der Waals surface area contributed by atoms with Crippen LogP contribution in [0.15, 0.2) is 39.6 Å². The zero-order valence-corrected chi connectivity index (χ0v) is 10.4. The number of aromatic nitrogens is 3.